The Morgan fingerprint density at radius 3 is 1.93 bits per heavy atom. The average molecular weight is 854 g/mol. The van der Waals surface area contributed by atoms with Gasteiger partial charge in [-0.05, 0) is 59.2 Å². The molecule has 5 unspecified atom stereocenters. The number of rotatable bonds is 13. The summed E-state index contributed by atoms with van der Waals surface area (Å²) in [4.78, 5) is 38.7. The van der Waals surface area contributed by atoms with Gasteiger partial charge in [-0.1, -0.05) is 54.6 Å². The molecule has 9 N–H and O–H groups in total. The molecule has 0 spiro atoms. The highest BCUT2D eigenvalue weighted by Crippen LogP contribution is 2.49. The third kappa shape index (κ3) is 8.54. The van der Waals surface area contributed by atoms with Crippen LogP contribution >= 0.6 is 11.8 Å². The van der Waals surface area contributed by atoms with E-state index in [1.54, 1.807) is 54.6 Å². The largest absolute Gasteiger partial charge is 0.508 e. The molecule has 3 heterocycles. The van der Waals surface area contributed by atoms with Crippen molar-refractivity contribution in [3.8, 4) is 22.6 Å². The first-order valence-electron chi connectivity index (χ1n) is 18.5. The fraction of sp³-hybridized carbons (Fsp3) is 0.341. The van der Waals surface area contributed by atoms with E-state index in [0.29, 0.717) is 27.9 Å². The summed E-state index contributed by atoms with van der Waals surface area (Å²) < 4.78 is 36.2. The highest BCUT2D eigenvalue weighted by atomic mass is 32.2. The van der Waals surface area contributed by atoms with Crippen LogP contribution in [0, 0.1) is 5.82 Å². The molecule has 3 saturated heterocycles. The molecule has 13 atom stereocenters. The number of phenols is 1. The summed E-state index contributed by atoms with van der Waals surface area (Å²) in [6.45, 7) is 0. The number of para-hydroxylation sites is 1. The number of hydrogen-bond donors (Lipinski definition) is 9. The molecule has 4 aromatic carbocycles. The van der Waals surface area contributed by atoms with Gasteiger partial charge < -0.3 is 69.8 Å². The van der Waals surface area contributed by atoms with Crippen molar-refractivity contribution in [1.29, 1.82) is 0 Å². The number of halogens is 1. The van der Waals surface area contributed by atoms with Gasteiger partial charge >= 0.3 is 11.9 Å². The van der Waals surface area contributed by atoms with E-state index >= 15 is 0 Å². The van der Waals surface area contributed by atoms with Crippen molar-refractivity contribution in [2.45, 2.75) is 78.8 Å². The second-order valence-electron chi connectivity index (χ2n) is 14.3. The van der Waals surface area contributed by atoms with Crippen LogP contribution in [0.1, 0.15) is 23.3 Å². The van der Waals surface area contributed by atoms with Crippen molar-refractivity contribution in [2.24, 2.45) is 0 Å². The van der Waals surface area contributed by atoms with E-state index in [9.17, 15) is 64.7 Å². The van der Waals surface area contributed by atoms with Crippen LogP contribution in [0.2, 0.25) is 0 Å². The van der Waals surface area contributed by atoms with Crippen molar-refractivity contribution >= 4 is 35.3 Å². The van der Waals surface area contributed by atoms with Crippen LogP contribution < -0.4 is 9.64 Å². The molecule has 19 heteroatoms. The molecule has 318 valence electrons. The number of ether oxygens (including phenoxy) is 4. The minimum absolute atomic E-state index is 0.0572. The number of thioether (sulfide) groups is 1. The van der Waals surface area contributed by atoms with Crippen molar-refractivity contribution in [2.75, 3.05) is 10.7 Å². The SMILES string of the molecule is O=C(O)C1O[C@@H](Oc2cccc(-c3ccc([C@@H]4[C@@H](SC[C@H](O[C@@H]5OC(C(=O)O)[C@@H](O)[C@H](O)C5O)c5ccc(F)cc5)C(=O)N4c4ccccc4)c(O)c3)c2)C(O)[C@@H](O)C1O. The van der Waals surface area contributed by atoms with Gasteiger partial charge in [0, 0.05) is 17.0 Å². The zero-order valence-corrected chi connectivity index (χ0v) is 31.9. The molecule has 17 nitrogen and oxygen atoms in total. The molecule has 4 aromatic rings. The number of carbonyl (C=O) groups excluding carboxylic acids is 1. The number of carboxylic acids is 2. The Bertz CT molecular complexity index is 2180. The Labute approximate surface area is 344 Å². The summed E-state index contributed by atoms with van der Waals surface area (Å²) in [6, 6.07) is 24.0. The van der Waals surface area contributed by atoms with E-state index in [1.807, 2.05) is 0 Å². The molecule has 0 bridgehead atoms. The van der Waals surface area contributed by atoms with Crippen LogP contribution in [-0.4, -0.2) is 136 Å². The summed E-state index contributed by atoms with van der Waals surface area (Å²) >= 11 is 1.10. The number of aliphatic hydroxyl groups excluding tert-OH is 6. The minimum atomic E-state index is -1.96. The van der Waals surface area contributed by atoms with Gasteiger partial charge in [0.25, 0.3) is 0 Å². The van der Waals surface area contributed by atoms with Gasteiger partial charge in [-0.25, -0.2) is 14.0 Å². The number of phenolic OH excluding ortho intramolecular Hbond substituents is 1. The number of aliphatic carboxylic acids is 2. The molecule has 3 fully saturated rings. The van der Waals surface area contributed by atoms with Crippen molar-refractivity contribution in [3.05, 3.63) is 114 Å². The Balaban J connectivity index is 1.14. The Kier molecular flexibility index (Phi) is 12.7. The standard InChI is InChI=1S/C41H40FNO16S/c42-21-12-9-18(10-13-21)26(57-41-33(50)29(46)31(48)35(59-41)39(54)55)17-60-36-27(43(37(36)51)22-6-2-1-3-7-22)24-14-11-20(16-25(24)44)19-5-4-8-23(15-19)56-40-32(49)28(45)30(47)34(58-40)38(52)53/h1-16,26-36,40-41,44-50H,17H2,(H,52,53)(H,54,55)/t26-,27+,28-,29-,30?,31-,32?,33?,34?,35?,36+,40+,41+/m0/s1. The third-order valence-corrected chi connectivity index (χ3v) is 11.8. The van der Waals surface area contributed by atoms with E-state index in [1.165, 1.54) is 35.2 Å². The van der Waals surface area contributed by atoms with E-state index in [0.717, 1.165) is 23.9 Å². The minimum Gasteiger partial charge on any atom is -0.508 e. The Morgan fingerprint density at radius 1 is 0.717 bits per heavy atom. The number of β-lactam (4-membered cyclic amide) rings is 1. The number of aliphatic hydroxyl groups is 6. The second kappa shape index (κ2) is 17.8. The molecule has 60 heavy (non-hydrogen) atoms. The summed E-state index contributed by atoms with van der Waals surface area (Å²) in [5, 5.41) is 91.5. The number of carbonyl (C=O) groups is 3. The molecular weight excluding hydrogens is 814 g/mol. The number of benzene rings is 4. The van der Waals surface area contributed by atoms with Gasteiger partial charge in [-0.3, -0.25) is 4.79 Å². The molecule has 0 aliphatic carbocycles. The van der Waals surface area contributed by atoms with Gasteiger partial charge in [-0.2, -0.15) is 0 Å². The molecule has 0 radical (unpaired) electrons. The first-order valence-corrected chi connectivity index (χ1v) is 19.5. The second-order valence-corrected chi connectivity index (χ2v) is 15.5. The number of hydrogen-bond acceptors (Lipinski definition) is 15. The lowest BCUT2D eigenvalue weighted by molar-refractivity contribution is -0.303. The monoisotopic (exact) mass is 853 g/mol. The molecule has 3 aliphatic heterocycles. The maximum absolute atomic E-state index is 14.0. The predicted octanol–water partition coefficient (Wildman–Crippen LogP) is 1.31. The van der Waals surface area contributed by atoms with Gasteiger partial charge in [-0.15, -0.1) is 11.8 Å². The zero-order valence-electron chi connectivity index (χ0n) is 31.1. The number of carboxylic acid groups (broad SMARTS) is 2. The molecule has 3 aliphatic rings. The van der Waals surface area contributed by atoms with Gasteiger partial charge in [0.15, 0.2) is 18.5 Å². The van der Waals surface area contributed by atoms with E-state index in [4.69, 9.17) is 18.9 Å². The summed E-state index contributed by atoms with van der Waals surface area (Å²) in [6.07, 6.45) is -19.7. The molecule has 1 amide bonds. The summed E-state index contributed by atoms with van der Waals surface area (Å²) in [7, 11) is 0. The Morgan fingerprint density at radius 2 is 1.32 bits per heavy atom. The van der Waals surface area contributed by atoms with Crippen LogP contribution in [0.25, 0.3) is 11.1 Å². The highest BCUT2D eigenvalue weighted by molar-refractivity contribution is 8.00. The fourth-order valence-corrected chi connectivity index (χ4v) is 8.58. The summed E-state index contributed by atoms with van der Waals surface area (Å²) in [5.74, 6) is -4.25. The number of nitrogens with zero attached hydrogens (tertiary/aromatic N) is 1. The zero-order chi connectivity index (χ0) is 43.0. The summed E-state index contributed by atoms with van der Waals surface area (Å²) in [5.41, 5.74) is 2.22. The molecule has 0 aromatic heterocycles. The Hall–Kier alpha value is -5.19. The van der Waals surface area contributed by atoms with E-state index < -0.39 is 96.6 Å². The number of aromatic hydroxyl groups is 1. The van der Waals surface area contributed by atoms with E-state index in [-0.39, 0.29) is 23.2 Å². The number of anilines is 1. The van der Waals surface area contributed by atoms with Crippen LogP contribution in [0.3, 0.4) is 0 Å². The van der Waals surface area contributed by atoms with Crippen molar-refractivity contribution in [1.82, 2.24) is 0 Å². The maximum Gasteiger partial charge on any atom is 0.335 e. The van der Waals surface area contributed by atoms with Crippen molar-refractivity contribution < 1.29 is 83.7 Å². The maximum atomic E-state index is 14.0. The van der Waals surface area contributed by atoms with Gasteiger partial charge in [0.1, 0.15) is 59.2 Å². The van der Waals surface area contributed by atoms with Gasteiger partial charge in [0.05, 0.1) is 12.1 Å². The molecule has 0 saturated carbocycles. The number of amides is 1. The smallest absolute Gasteiger partial charge is 0.335 e. The first kappa shape index (κ1) is 42.9. The van der Waals surface area contributed by atoms with E-state index in [2.05, 4.69) is 0 Å². The lowest BCUT2D eigenvalue weighted by Crippen LogP contribution is -2.61. The molecular formula is C41H40FNO16S. The van der Waals surface area contributed by atoms with Crippen molar-refractivity contribution in [3.63, 3.8) is 0 Å². The average Bonchev–Trinajstić information content (AvgIpc) is 3.23. The van der Waals surface area contributed by atoms with Crippen LogP contribution in [0.5, 0.6) is 11.5 Å². The first-order chi connectivity index (χ1) is 28.6. The van der Waals surface area contributed by atoms with Crippen LogP contribution in [0.4, 0.5) is 10.1 Å². The predicted molar refractivity (Wildman–Crippen MR) is 206 cm³/mol. The van der Waals surface area contributed by atoms with Gasteiger partial charge in [0.2, 0.25) is 12.2 Å². The molecule has 7 rings (SSSR count). The third-order valence-electron chi connectivity index (χ3n) is 10.4. The lowest BCUT2D eigenvalue weighted by atomic mass is 9.90. The quantitative estimate of drug-likeness (QED) is 0.0858. The lowest BCUT2D eigenvalue weighted by Gasteiger charge is -2.47. The topological polar surface area (TPSA) is 273 Å². The van der Waals surface area contributed by atoms with Crippen LogP contribution in [-0.2, 0) is 28.6 Å². The fourth-order valence-electron chi connectivity index (χ4n) is 7.22. The highest BCUT2D eigenvalue weighted by Gasteiger charge is 2.52. The normalized spacial score (nSPS) is 30.9. The van der Waals surface area contributed by atoms with Crippen LogP contribution in [0.15, 0.2) is 97.1 Å².